The molecule has 3 aromatic rings. The van der Waals surface area contributed by atoms with Gasteiger partial charge in [-0.25, -0.2) is 17.8 Å². The number of hydrogen-bond donors (Lipinski definition) is 2. The number of sulfonamides is 1. The summed E-state index contributed by atoms with van der Waals surface area (Å²) in [4.78, 5) is 29.4. The normalized spacial score (nSPS) is 15.0. The van der Waals surface area contributed by atoms with Crippen LogP contribution in [0.25, 0.3) is 11.4 Å². The first-order valence-electron chi connectivity index (χ1n) is 10.1. The second-order valence-corrected chi connectivity index (χ2v) is 10.2. The van der Waals surface area contributed by atoms with Crippen molar-refractivity contribution in [3.8, 4) is 11.4 Å². The van der Waals surface area contributed by atoms with Crippen LogP contribution in [0.3, 0.4) is 0 Å². The van der Waals surface area contributed by atoms with Crippen molar-refractivity contribution in [3.05, 3.63) is 58.3 Å². The van der Waals surface area contributed by atoms with Gasteiger partial charge in [0.05, 0.1) is 17.1 Å². The molecule has 1 aliphatic heterocycles. The standard InChI is InChI=1S/C21H22FN5O4S2/c1-13(20(28)23-2)24-21(29)18-17-11-26(33(30,31)16-5-3-15(22)4-6-16)8-9-27(17)19(25-18)14-7-10-32-12-14/h3-7,10,12-13H,8-9,11H2,1-2H3,(H,23,28)(H,24,29)/t13-/m0/s1. The minimum Gasteiger partial charge on any atom is -0.357 e. The minimum atomic E-state index is -3.92. The van der Waals surface area contributed by atoms with Gasteiger partial charge in [-0.1, -0.05) is 0 Å². The molecule has 2 amide bonds. The lowest BCUT2D eigenvalue weighted by Crippen LogP contribution is -2.44. The van der Waals surface area contributed by atoms with Crippen LogP contribution in [-0.2, 0) is 27.9 Å². The van der Waals surface area contributed by atoms with Crippen molar-refractivity contribution in [1.82, 2.24) is 24.5 Å². The largest absolute Gasteiger partial charge is 0.357 e. The maximum Gasteiger partial charge on any atom is 0.272 e. The van der Waals surface area contributed by atoms with Crippen LogP contribution in [-0.4, -0.2) is 53.7 Å². The van der Waals surface area contributed by atoms with Gasteiger partial charge in [-0.15, -0.1) is 0 Å². The molecule has 1 aromatic carbocycles. The van der Waals surface area contributed by atoms with Crippen molar-refractivity contribution >= 4 is 33.2 Å². The van der Waals surface area contributed by atoms with Crippen LogP contribution in [0.1, 0.15) is 23.1 Å². The van der Waals surface area contributed by atoms with Crippen LogP contribution in [0, 0.1) is 5.82 Å². The highest BCUT2D eigenvalue weighted by Gasteiger charge is 2.34. The molecular weight excluding hydrogens is 469 g/mol. The smallest absolute Gasteiger partial charge is 0.272 e. The van der Waals surface area contributed by atoms with E-state index in [1.807, 2.05) is 21.4 Å². The van der Waals surface area contributed by atoms with Crippen molar-refractivity contribution in [1.29, 1.82) is 0 Å². The molecule has 0 saturated carbocycles. The van der Waals surface area contributed by atoms with Crippen molar-refractivity contribution in [2.75, 3.05) is 13.6 Å². The summed E-state index contributed by atoms with van der Waals surface area (Å²) >= 11 is 1.48. The molecule has 174 valence electrons. The Bertz CT molecular complexity index is 1290. The Kier molecular flexibility index (Phi) is 6.32. The van der Waals surface area contributed by atoms with Crippen LogP contribution in [0.2, 0.25) is 0 Å². The second kappa shape index (κ2) is 9.04. The third kappa shape index (κ3) is 4.41. The van der Waals surface area contributed by atoms with Gasteiger partial charge in [0, 0.05) is 31.1 Å². The average molecular weight is 492 g/mol. The first-order valence-corrected chi connectivity index (χ1v) is 12.5. The predicted molar refractivity (Wildman–Crippen MR) is 121 cm³/mol. The summed E-state index contributed by atoms with van der Waals surface area (Å²) in [5.41, 5.74) is 1.30. The topological polar surface area (TPSA) is 113 Å². The van der Waals surface area contributed by atoms with Gasteiger partial charge in [0.15, 0.2) is 5.69 Å². The lowest BCUT2D eigenvalue weighted by molar-refractivity contribution is -0.122. The van der Waals surface area contributed by atoms with Crippen LogP contribution in [0.15, 0.2) is 46.0 Å². The van der Waals surface area contributed by atoms with Crippen LogP contribution in [0.5, 0.6) is 0 Å². The van der Waals surface area contributed by atoms with E-state index in [1.54, 1.807) is 6.92 Å². The highest BCUT2D eigenvalue weighted by Crippen LogP contribution is 2.30. The molecule has 0 saturated heterocycles. The number of rotatable bonds is 6. The van der Waals surface area contributed by atoms with E-state index in [2.05, 4.69) is 15.6 Å². The van der Waals surface area contributed by atoms with Crippen LogP contribution >= 0.6 is 11.3 Å². The third-order valence-electron chi connectivity index (χ3n) is 5.40. The van der Waals surface area contributed by atoms with Gasteiger partial charge in [0.1, 0.15) is 17.7 Å². The number of benzene rings is 1. The number of halogens is 1. The minimum absolute atomic E-state index is 0.0332. The molecule has 33 heavy (non-hydrogen) atoms. The number of likely N-dealkylation sites (N-methyl/N-ethyl adjacent to an activating group) is 1. The Balaban J connectivity index is 1.71. The van der Waals surface area contributed by atoms with E-state index < -0.39 is 27.8 Å². The van der Waals surface area contributed by atoms with Crippen molar-refractivity contribution in [2.45, 2.75) is 31.0 Å². The van der Waals surface area contributed by atoms with Gasteiger partial charge in [-0.05, 0) is 42.6 Å². The van der Waals surface area contributed by atoms with Gasteiger partial charge in [-0.2, -0.15) is 15.6 Å². The van der Waals surface area contributed by atoms with Crippen molar-refractivity contribution in [2.24, 2.45) is 0 Å². The molecule has 0 aliphatic carbocycles. The maximum atomic E-state index is 13.3. The van der Waals surface area contributed by atoms with Gasteiger partial charge in [0.2, 0.25) is 15.9 Å². The summed E-state index contributed by atoms with van der Waals surface area (Å²) in [6.45, 7) is 1.90. The average Bonchev–Trinajstić information content (AvgIpc) is 3.46. The fourth-order valence-corrected chi connectivity index (χ4v) is 5.67. The Morgan fingerprint density at radius 2 is 1.91 bits per heavy atom. The van der Waals surface area contributed by atoms with E-state index in [0.29, 0.717) is 11.5 Å². The number of amides is 2. The van der Waals surface area contributed by atoms with E-state index in [0.717, 1.165) is 17.7 Å². The summed E-state index contributed by atoms with van der Waals surface area (Å²) in [5.74, 6) is -0.912. The molecule has 1 aliphatic rings. The number of nitrogens with zero attached hydrogens (tertiary/aromatic N) is 3. The van der Waals surface area contributed by atoms with E-state index in [1.165, 1.54) is 34.8 Å². The SMILES string of the molecule is CNC(=O)[C@H](C)NC(=O)c1nc(-c2ccsc2)n2c1CN(S(=O)(=O)c1ccc(F)cc1)CC2. The predicted octanol–water partition coefficient (Wildman–Crippen LogP) is 1.82. The van der Waals surface area contributed by atoms with Crippen LogP contribution in [0.4, 0.5) is 4.39 Å². The number of carbonyl (C=O) groups is 2. The summed E-state index contributed by atoms with van der Waals surface area (Å²) in [6.07, 6.45) is 0. The van der Waals surface area contributed by atoms with E-state index >= 15 is 0 Å². The zero-order chi connectivity index (χ0) is 23.8. The Morgan fingerprint density at radius 3 is 2.55 bits per heavy atom. The van der Waals surface area contributed by atoms with Gasteiger partial charge in [0.25, 0.3) is 5.91 Å². The monoisotopic (exact) mass is 491 g/mol. The second-order valence-electron chi connectivity index (χ2n) is 7.50. The molecule has 0 fully saturated rings. The van der Waals surface area contributed by atoms with E-state index in [4.69, 9.17) is 0 Å². The molecule has 0 spiro atoms. The highest BCUT2D eigenvalue weighted by molar-refractivity contribution is 7.89. The zero-order valence-electron chi connectivity index (χ0n) is 17.9. The quantitative estimate of drug-likeness (QED) is 0.546. The number of thiophene rings is 1. The van der Waals surface area contributed by atoms with Gasteiger partial charge >= 0.3 is 0 Å². The molecule has 2 aromatic heterocycles. The molecule has 4 rings (SSSR count). The third-order valence-corrected chi connectivity index (χ3v) is 7.95. The highest BCUT2D eigenvalue weighted by atomic mass is 32.2. The van der Waals surface area contributed by atoms with Crippen molar-refractivity contribution in [3.63, 3.8) is 0 Å². The molecule has 12 heteroatoms. The summed E-state index contributed by atoms with van der Waals surface area (Å²) in [7, 11) is -2.45. The Morgan fingerprint density at radius 1 is 1.18 bits per heavy atom. The number of hydrogen-bond acceptors (Lipinski definition) is 6. The van der Waals surface area contributed by atoms with Crippen LogP contribution < -0.4 is 10.6 Å². The molecule has 0 bridgehead atoms. The number of imidazole rings is 1. The maximum absolute atomic E-state index is 13.3. The zero-order valence-corrected chi connectivity index (χ0v) is 19.5. The Hall–Kier alpha value is -3.09. The number of nitrogens with one attached hydrogen (secondary N) is 2. The van der Waals surface area contributed by atoms with E-state index in [9.17, 15) is 22.4 Å². The van der Waals surface area contributed by atoms with E-state index in [-0.39, 0.29) is 36.1 Å². The summed E-state index contributed by atoms with van der Waals surface area (Å²) < 4.78 is 42.7. The molecule has 1 atom stereocenters. The first-order chi connectivity index (χ1) is 15.7. The fraction of sp³-hybridized carbons (Fsp3) is 0.286. The number of aromatic nitrogens is 2. The molecule has 9 nitrogen and oxygen atoms in total. The number of carbonyl (C=O) groups excluding carboxylic acids is 2. The first kappa shape index (κ1) is 23.1. The molecule has 0 radical (unpaired) electrons. The molecule has 3 heterocycles. The summed E-state index contributed by atoms with van der Waals surface area (Å²) in [6, 6.07) is 5.69. The molecule has 0 unspecified atom stereocenters. The molecular formula is C21H22FN5O4S2. The number of fused-ring (bicyclic) bond motifs is 1. The van der Waals surface area contributed by atoms with Gasteiger partial charge < -0.3 is 15.2 Å². The van der Waals surface area contributed by atoms with Gasteiger partial charge in [-0.3, -0.25) is 9.59 Å². The summed E-state index contributed by atoms with van der Waals surface area (Å²) in [5, 5.41) is 8.86. The Labute approximate surface area is 194 Å². The lowest BCUT2D eigenvalue weighted by Gasteiger charge is -2.28. The molecule has 2 N–H and O–H groups in total. The lowest BCUT2D eigenvalue weighted by atomic mass is 10.2. The fourth-order valence-electron chi connectivity index (χ4n) is 3.65. The van der Waals surface area contributed by atoms with Crippen molar-refractivity contribution < 1.29 is 22.4 Å².